The highest BCUT2D eigenvalue weighted by Crippen LogP contribution is 2.38. The summed E-state index contributed by atoms with van der Waals surface area (Å²) in [7, 11) is -1.73. The van der Waals surface area contributed by atoms with Crippen LogP contribution >= 0.6 is 0 Å². The largest absolute Gasteiger partial charge is 0.355 e. The van der Waals surface area contributed by atoms with Crippen LogP contribution in [0, 0.1) is 0 Å². The van der Waals surface area contributed by atoms with Crippen LogP contribution in [-0.4, -0.2) is 40.6 Å². The Hall–Kier alpha value is -2.07. The number of alkyl halides is 2. The lowest BCUT2D eigenvalue weighted by atomic mass is 9.99. The quantitative estimate of drug-likeness (QED) is 0.522. The van der Waals surface area contributed by atoms with E-state index in [0.717, 1.165) is 49.8 Å². The number of anilines is 1. The van der Waals surface area contributed by atoms with E-state index in [9.17, 15) is 18.1 Å². The van der Waals surface area contributed by atoms with E-state index >= 15 is 0 Å². The molecule has 4 N–H and O–H groups in total. The van der Waals surface area contributed by atoms with Crippen LogP contribution in [0.5, 0.6) is 0 Å². The van der Waals surface area contributed by atoms with Crippen molar-refractivity contribution in [3.63, 3.8) is 0 Å². The number of nitrogens with zero attached hydrogens (tertiary/aromatic N) is 2. The molecule has 0 heterocycles. The summed E-state index contributed by atoms with van der Waals surface area (Å²) in [5.41, 5.74) is 6.81. The van der Waals surface area contributed by atoms with Crippen molar-refractivity contribution in [2.24, 2.45) is 9.50 Å². The minimum Gasteiger partial charge on any atom is -0.355 e. The monoisotopic (exact) mass is 464 g/mol. The smallest absolute Gasteiger partial charge is 0.251 e. The Morgan fingerprint density at radius 2 is 1.72 bits per heavy atom. The zero-order chi connectivity index (χ0) is 22.9. The molecule has 2 unspecified atom stereocenters. The topological polar surface area (TPSA) is 91.0 Å². The van der Waals surface area contributed by atoms with Crippen molar-refractivity contribution in [3.05, 3.63) is 58.1 Å². The number of hydrogen-bond donors (Lipinski definition) is 3. The number of rotatable bonds is 8. The number of halogens is 2. The van der Waals surface area contributed by atoms with Crippen LogP contribution in [-0.2, 0) is 42.1 Å². The molecular weight excluding hydrogens is 434 g/mol. The van der Waals surface area contributed by atoms with Gasteiger partial charge in [-0.05, 0) is 85.5 Å². The van der Waals surface area contributed by atoms with Gasteiger partial charge >= 0.3 is 0 Å². The summed E-state index contributed by atoms with van der Waals surface area (Å²) in [6.07, 6.45) is 2.37. The van der Waals surface area contributed by atoms with E-state index in [4.69, 9.17) is 5.14 Å². The average Bonchev–Trinajstić information content (AvgIpc) is 3.36. The minimum absolute atomic E-state index is 0.280. The first-order valence-corrected chi connectivity index (χ1v) is 12.5. The van der Waals surface area contributed by atoms with Gasteiger partial charge in [-0.25, -0.2) is 18.1 Å². The molecule has 2 aliphatic carbocycles. The number of nitrogens with two attached hydrogens (primary N) is 1. The minimum atomic E-state index is -3.34. The van der Waals surface area contributed by atoms with Crippen molar-refractivity contribution in [3.8, 4) is 0 Å². The standard InChI is InChI=1S/C23H30F2N4O2S/c1-29(14-21(24)25)13-15-8-10-18(11-9-15)32(26,31)28-23(30)27-22-19-6-2-4-16(19)12-17-5-3-7-20(17)22/h8-12,21,23,27,30H,2-7,13-14H2,1H3,(H2,26,28,31). The molecule has 0 aromatic heterocycles. The number of aryl methyl sites for hydroxylation is 2. The molecule has 0 radical (unpaired) electrons. The van der Waals surface area contributed by atoms with Gasteiger partial charge in [-0.2, -0.15) is 4.36 Å². The third-order valence-electron chi connectivity index (χ3n) is 6.17. The maximum absolute atomic E-state index is 13.0. The molecule has 2 aromatic carbocycles. The van der Waals surface area contributed by atoms with Crippen LogP contribution in [0.2, 0.25) is 0 Å². The summed E-state index contributed by atoms with van der Waals surface area (Å²) in [5.74, 6) is 0. The SMILES string of the molecule is CN(Cc1ccc(S(N)(=O)=NC(O)Nc2c3c(cc4c2CCC4)CCC3)cc1)CC(F)F. The van der Waals surface area contributed by atoms with Crippen molar-refractivity contribution >= 4 is 15.6 Å². The molecule has 9 heteroatoms. The van der Waals surface area contributed by atoms with Gasteiger partial charge in [0.15, 0.2) is 0 Å². The highest BCUT2D eigenvalue weighted by atomic mass is 32.2. The van der Waals surface area contributed by atoms with E-state index in [-0.39, 0.29) is 11.4 Å². The summed E-state index contributed by atoms with van der Waals surface area (Å²) < 4.78 is 42.0. The molecule has 2 aromatic rings. The predicted molar refractivity (Wildman–Crippen MR) is 122 cm³/mol. The number of aliphatic hydroxyl groups is 1. The third-order valence-corrected chi connectivity index (χ3v) is 7.63. The second kappa shape index (κ2) is 9.43. The Balaban J connectivity index is 1.51. The highest BCUT2D eigenvalue weighted by Gasteiger charge is 2.25. The van der Waals surface area contributed by atoms with Crippen LogP contribution in [0.15, 0.2) is 39.6 Å². The molecular formula is C23H30F2N4O2S. The Kier molecular flexibility index (Phi) is 6.80. The van der Waals surface area contributed by atoms with Crippen LogP contribution < -0.4 is 10.5 Å². The van der Waals surface area contributed by atoms with Crippen molar-refractivity contribution in [2.75, 3.05) is 18.9 Å². The normalized spacial score (nSPS) is 17.8. The highest BCUT2D eigenvalue weighted by molar-refractivity contribution is 7.91. The molecule has 2 aliphatic rings. The maximum atomic E-state index is 13.0. The first-order valence-electron chi connectivity index (χ1n) is 10.9. The molecule has 0 aliphatic heterocycles. The number of aliphatic hydroxyl groups excluding tert-OH is 1. The van der Waals surface area contributed by atoms with E-state index < -0.39 is 22.7 Å². The van der Waals surface area contributed by atoms with Crippen molar-refractivity contribution in [1.82, 2.24) is 4.90 Å². The van der Waals surface area contributed by atoms with Crippen LogP contribution in [0.25, 0.3) is 0 Å². The van der Waals surface area contributed by atoms with Gasteiger partial charge in [0.05, 0.1) is 11.4 Å². The zero-order valence-electron chi connectivity index (χ0n) is 18.2. The molecule has 174 valence electrons. The van der Waals surface area contributed by atoms with Crippen LogP contribution in [0.3, 0.4) is 0 Å². The van der Waals surface area contributed by atoms with Crippen molar-refractivity contribution in [2.45, 2.75) is 62.7 Å². The molecule has 0 bridgehead atoms. The Labute approximate surface area is 188 Å². The van der Waals surface area contributed by atoms with Gasteiger partial charge in [-0.1, -0.05) is 18.2 Å². The first-order chi connectivity index (χ1) is 15.2. The third kappa shape index (κ3) is 5.11. The Bertz CT molecular complexity index is 1070. The van der Waals surface area contributed by atoms with Gasteiger partial charge in [-0.15, -0.1) is 0 Å². The summed E-state index contributed by atoms with van der Waals surface area (Å²) in [5, 5.41) is 19.7. The summed E-state index contributed by atoms with van der Waals surface area (Å²) >= 11 is 0. The van der Waals surface area contributed by atoms with E-state index in [1.165, 1.54) is 27.2 Å². The Morgan fingerprint density at radius 1 is 1.12 bits per heavy atom. The van der Waals surface area contributed by atoms with Gasteiger partial charge < -0.3 is 10.4 Å². The average molecular weight is 465 g/mol. The molecule has 0 amide bonds. The van der Waals surface area contributed by atoms with Gasteiger partial charge in [0.1, 0.15) is 9.92 Å². The maximum Gasteiger partial charge on any atom is 0.251 e. The summed E-state index contributed by atoms with van der Waals surface area (Å²) in [6, 6.07) is 8.82. The molecule has 0 spiro atoms. The van der Waals surface area contributed by atoms with E-state index in [1.54, 1.807) is 31.3 Å². The second-order valence-electron chi connectivity index (χ2n) is 8.66. The fraction of sp³-hybridized carbons (Fsp3) is 0.478. The summed E-state index contributed by atoms with van der Waals surface area (Å²) in [6.45, 7) is 0.0113. The molecule has 2 atom stereocenters. The van der Waals surface area contributed by atoms with E-state index in [0.29, 0.717) is 6.54 Å². The molecule has 0 saturated carbocycles. The lowest BCUT2D eigenvalue weighted by Crippen LogP contribution is -2.24. The number of hydrogen-bond acceptors (Lipinski definition) is 5. The van der Waals surface area contributed by atoms with Gasteiger partial charge in [-0.3, -0.25) is 4.90 Å². The molecule has 0 fully saturated rings. The predicted octanol–water partition coefficient (Wildman–Crippen LogP) is 3.45. The van der Waals surface area contributed by atoms with E-state index in [1.807, 2.05) is 0 Å². The van der Waals surface area contributed by atoms with E-state index in [2.05, 4.69) is 15.7 Å². The molecule has 32 heavy (non-hydrogen) atoms. The zero-order valence-corrected chi connectivity index (χ0v) is 19.0. The second-order valence-corrected chi connectivity index (χ2v) is 10.5. The molecule has 4 rings (SSSR count). The summed E-state index contributed by atoms with van der Waals surface area (Å²) in [4.78, 5) is 1.79. The number of nitrogens with one attached hydrogen (secondary N) is 1. The van der Waals surface area contributed by atoms with Crippen LogP contribution in [0.1, 0.15) is 40.7 Å². The van der Waals surface area contributed by atoms with Gasteiger partial charge in [0.2, 0.25) is 6.35 Å². The first kappa shape index (κ1) is 23.1. The Morgan fingerprint density at radius 3 is 2.28 bits per heavy atom. The van der Waals surface area contributed by atoms with Crippen LogP contribution in [0.4, 0.5) is 14.5 Å². The fourth-order valence-corrected chi connectivity index (χ4v) is 5.75. The lowest BCUT2D eigenvalue weighted by molar-refractivity contribution is 0.0975. The number of fused-ring (bicyclic) bond motifs is 2. The number of benzene rings is 2. The van der Waals surface area contributed by atoms with Crippen molar-refractivity contribution < 1.29 is 18.1 Å². The molecule has 6 nitrogen and oxygen atoms in total. The van der Waals surface area contributed by atoms with Gasteiger partial charge in [0.25, 0.3) is 6.43 Å². The molecule has 0 saturated heterocycles. The van der Waals surface area contributed by atoms with Crippen molar-refractivity contribution in [1.29, 1.82) is 0 Å². The van der Waals surface area contributed by atoms with Gasteiger partial charge in [0, 0.05) is 12.2 Å². The lowest BCUT2D eigenvalue weighted by Gasteiger charge is -2.19. The fourth-order valence-electron chi connectivity index (χ4n) is 4.76.